The topological polar surface area (TPSA) is 55.8 Å². The van der Waals surface area contributed by atoms with E-state index in [2.05, 4.69) is 0 Å². The molecule has 1 rings (SSSR count). The zero-order valence-electron chi connectivity index (χ0n) is 11.4. The molecule has 0 fully saturated rings. The number of carboxylic acid groups (broad SMARTS) is 1. The van der Waals surface area contributed by atoms with Crippen LogP contribution in [0.15, 0.2) is 30.3 Å². The Bertz CT molecular complexity index is 350. The molecule has 0 saturated carbocycles. The lowest BCUT2D eigenvalue weighted by Crippen LogP contribution is -2.17. The van der Waals surface area contributed by atoms with Crippen LogP contribution in [-0.4, -0.2) is 38.0 Å². The normalized spacial score (nSPS) is 12.3. The maximum absolute atomic E-state index is 11.2. The lowest BCUT2D eigenvalue weighted by Gasteiger charge is -2.12. The molecule has 4 nitrogen and oxygen atoms in total. The van der Waals surface area contributed by atoms with Crippen molar-refractivity contribution in [2.24, 2.45) is 5.92 Å². The minimum absolute atomic E-state index is 0.339. The van der Waals surface area contributed by atoms with Crippen LogP contribution in [0.5, 0.6) is 0 Å². The van der Waals surface area contributed by atoms with E-state index in [4.69, 9.17) is 9.47 Å². The molecular weight excluding hydrogens is 244 g/mol. The average Bonchev–Trinajstić information content (AvgIpc) is 2.42. The molecule has 1 aromatic carbocycles. The van der Waals surface area contributed by atoms with Gasteiger partial charge in [0.25, 0.3) is 0 Å². The van der Waals surface area contributed by atoms with Gasteiger partial charge >= 0.3 is 5.97 Å². The Labute approximate surface area is 114 Å². The average molecular weight is 266 g/mol. The van der Waals surface area contributed by atoms with Crippen molar-refractivity contribution in [3.8, 4) is 0 Å². The number of rotatable bonds is 10. The summed E-state index contributed by atoms with van der Waals surface area (Å²) in [7, 11) is 1.63. The molecule has 1 unspecified atom stereocenters. The third kappa shape index (κ3) is 6.94. The number of aliphatic carboxylic acids is 1. The first-order valence-corrected chi connectivity index (χ1v) is 6.57. The van der Waals surface area contributed by atoms with E-state index >= 15 is 0 Å². The second-order valence-electron chi connectivity index (χ2n) is 4.47. The van der Waals surface area contributed by atoms with Gasteiger partial charge in [-0.3, -0.25) is 4.79 Å². The summed E-state index contributed by atoms with van der Waals surface area (Å²) in [6.45, 7) is 1.72. The Balaban J connectivity index is 2.27. The van der Waals surface area contributed by atoms with Gasteiger partial charge in [-0.25, -0.2) is 0 Å². The monoisotopic (exact) mass is 266 g/mol. The number of hydrogen-bond acceptors (Lipinski definition) is 3. The largest absolute Gasteiger partial charge is 0.481 e. The molecule has 0 aliphatic rings. The van der Waals surface area contributed by atoms with E-state index in [0.29, 0.717) is 32.7 Å². The molecule has 19 heavy (non-hydrogen) atoms. The van der Waals surface area contributed by atoms with Gasteiger partial charge in [0.05, 0.1) is 19.1 Å². The Hall–Kier alpha value is -1.39. The molecular formula is C15H22O4. The third-order valence-electron chi connectivity index (χ3n) is 2.95. The van der Waals surface area contributed by atoms with Gasteiger partial charge in [-0.05, 0) is 24.8 Å². The predicted molar refractivity (Wildman–Crippen MR) is 73.2 cm³/mol. The second-order valence-corrected chi connectivity index (χ2v) is 4.47. The summed E-state index contributed by atoms with van der Waals surface area (Å²) in [5.41, 5.74) is 1.07. The van der Waals surface area contributed by atoms with Crippen LogP contribution in [0.1, 0.15) is 18.4 Å². The Morgan fingerprint density at radius 2 is 1.95 bits per heavy atom. The number of ether oxygens (including phenoxy) is 2. The van der Waals surface area contributed by atoms with Crippen molar-refractivity contribution < 1.29 is 19.4 Å². The van der Waals surface area contributed by atoms with Crippen LogP contribution >= 0.6 is 0 Å². The predicted octanol–water partition coefficient (Wildman–Crippen LogP) is 2.37. The SMILES string of the molecule is COCCOCCCC(Cc1ccccc1)C(=O)O. The fourth-order valence-corrected chi connectivity index (χ4v) is 1.89. The van der Waals surface area contributed by atoms with E-state index in [1.165, 1.54) is 0 Å². The van der Waals surface area contributed by atoms with Crippen molar-refractivity contribution in [1.82, 2.24) is 0 Å². The molecule has 1 N–H and O–H groups in total. The summed E-state index contributed by atoms with van der Waals surface area (Å²) < 4.78 is 10.2. The van der Waals surface area contributed by atoms with E-state index < -0.39 is 5.97 Å². The van der Waals surface area contributed by atoms with Gasteiger partial charge in [0.1, 0.15) is 0 Å². The number of hydrogen-bond donors (Lipinski definition) is 1. The van der Waals surface area contributed by atoms with Crippen molar-refractivity contribution in [3.63, 3.8) is 0 Å². The van der Waals surface area contributed by atoms with Crippen LogP contribution < -0.4 is 0 Å². The highest BCUT2D eigenvalue weighted by molar-refractivity contribution is 5.70. The lowest BCUT2D eigenvalue weighted by molar-refractivity contribution is -0.142. The Kier molecular flexibility index (Phi) is 7.86. The molecule has 0 bridgehead atoms. The van der Waals surface area contributed by atoms with Crippen molar-refractivity contribution in [2.45, 2.75) is 19.3 Å². The Morgan fingerprint density at radius 3 is 2.58 bits per heavy atom. The van der Waals surface area contributed by atoms with Crippen LogP contribution in [0.3, 0.4) is 0 Å². The first-order chi connectivity index (χ1) is 9.24. The van der Waals surface area contributed by atoms with Crippen LogP contribution in [-0.2, 0) is 20.7 Å². The van der Waals surface area contributed by atoms with E-state index in [-0.39, 0.29) is 5.92 Å². The smallest absolute Gasteiger partial charge is 0.306 e. The van der Waals surface area contributed by atoms with Gasteiger partial charge in [0, 0.05) is 13.7 Å². The summed E-state index contributed by atoms with van der Waals surface area (Å²) in [4.78, 5) is 11.2. The maximum atomic E-state index is 11.2. The zero-order chi connectivity index (χ0) is 13.9. The standard InChI is InChI=1S/C15H22O4/c1-18-10-11-19-9-5-8-14(15(16)17)12-13-6-3-2-4-7-13/h2-4,6-7,14H,5,8-12H2,1H3,(H,16,17). The molecule has 0 amide bonds. The molecule has 0 aromatic heterocycles. The number of carbonyl (C=O) groups is 1. The van der Waals surface area contributed by atoms with E-state index in [1.54, 1.807) is 7.11 Å². The molecule has 106 valence electrons. The van der Waals surface area contributed by atoms with E-state index in [1.807, 2.05) is 30.3 Å². The van der Waals surface area contributed by atoms with E-state index in [9.17, 15) is 9.90 Å². The summed E-state index contributed by atoms with van der Waals surface area (Å²) >= 11 is 0. The van der Waals surface area contributed by atoms with Crippen molar-refractivity contribution >= 4 is 5.97 Å². The minimum Gasteiger partial charge on any atom is -0.481 e. The first kappa shape index (κ1) is 15.7. The summed E-state index contributed by atoms with van der Waals surface area (Å²) in [5, 5.41) is 9.21. The highest BCUT2D eigenvalue weighted by Gasteiger charge is 2.17. The molecule has 4 heteroatoms. The van der Waals surface area contributed by atoms with Gasteiger partial charge in [-0.2, -0.15) is 0 Å². The first-order valence-electron chi connectivity index (χ1n) is 6.57. The molecule has 0 aliphatic heterocycles. The molecule has 0 radical (unpaired) electrons. The number of carboxylic acids is 1. The van der Waals surface area contributed by atoms with Gasteiger partial charge in [0.2, 0.25) is 0 Å². The van der Waals surface area contributed by atoms with Gasteiger partial charge in [0.15, 0.2) is 0 Å². The number of benzene rings is 1. The zero-order valence-corrected chi connectivity index (χ0v) is 11.4. The molecule has 0 saturated heterocycles. The van der Waals surface area contributed by atoms with Crippen LogP contribution in [0, 0.1) is 5.92 Å². The van der Waals surface area contributed by atoms with Crippen LogP contribution in [0.2, 0.25) is 0 Å². The van der Waals surface area contributed by atoms with Crippen molar-refractivity contribution in [2.75, 3.05) is 26.9 Å². The maximum Gasteiger partial charge on any atom is 0.306 e. The molecule has 0 spiro atoms. The quantitative estimate of drug-likeness (QED) is 0.661. The molecule has 1 aromatic rings. The van der Waals surface area contributed by atoms with Crippen molar-refractivity contribution in [3.05, 3.63) is 35.9 Å². The van der Waals surface area contributed by atoms with Crippen LogP contribution in [0.4, 0.5) is 0 Å². The van der Waals surface area contributed by atoms with Crippen molar-refractivity contribution in [1.29, 1.82) is 0 Å². The molecule has 0 heterocycles. The lowest BCUT2D eigenvalue weighted by atomic mass is 9.95. The van der Waals surface area contributed by atoms with Gasteiger partial charge in [-0.15, -0.1) is 0 Å². The van der Waals surface area contributed by atoms with Gasteiger partial charge < -0.3 is 14.6 Å². The number of methoxy groups -OCH3 is 1. The summed E-state index contributed by atoms with van der Waals surface area (Å²) in [6, 6.07) is 9.73. The molecule has 0 aliphatic carbocycles. The highest BCUT2D eigenvalue weighted by Crippen LogP contribution is 2.14. The third-order valence-corrected chi connectivity index (χ3v) is 2.95. The Morgan fingerprint density at radius 1 is 1.21 bits per heavy atom. The fraction of sp³-hybridized carbons (Fsp3) is 0.533. The minimum atomic E-state index is -0.735. The summed E-state index contributed by atoms with van der Waals surface area (Å²) in [6.07, 6.45) is 1.97. The van der Waals surface area contributed by atoms with Crippen LogP contribution in [0.25, 0.3) is 0 Å². The second kappa shape index (κ2) is 9.53. The van der Waals surface area contributed by atoms with Gasteiger partial charge in [-0.1, -0.05) is 30.3 Å². The molecule has 1 atom stereocenters. The highest BCUT2D eigenvalue weighted by atomic mass is 16.5. The summed E-state index contributed by atoms with van der Waals surface area (Å²) in [5.74, 6) is -1.07. The fourth-order valence-electron chi connectivity index (χ4n) is 1.89. The van der Waals surface area contributed by atoms with E-state index in [0.717, 1.165) is 12.0 Å².